The topological polar surface area (TPSA) is 44.4 Å². The van der Waals surface area contributed by atoms with Gasteiger partial charge < -0.3 is 10.6 Å². The number of carbonyl (C=O) groups is 1. The van der Waals surface area contributed by atoms with E-state index in [9.17, 15) is 13.6 Å². The number of anilines is 2. The highest BCUT2D eigenvalue weighted by molar-refractivity contribution is 5.93. The summed E-state index contributed by atoms with van der Waals surface area (Å²) in [5, 5.41) is 5.53. The summed E-state index contributed by atoms with van der Waals surface area (Å²) in [6.45, 7) is 0.772. The van der Waals surface area contributed by atoms with Gasteiger partial charge in [0.05, 0.1) is 12.2 Å². The van der Waals surface area contributed by atoms with Crippen LogP contribution in [0.25, 0.3) is 0 Å². The molecule has 0 radical (unpaired) electrons. The van der Waals surface area contributed by atoms with Gasteiger partial charge in [0.2, 0.25) is 5.91 Å². The summed E-state index contributed by atoms with van der Waals surface area (Å²) in [6.07, 6.45) is 6.35. The molecule has 0 aliphatic heterocycles. The van der Waals surface area contributed by atoms with Gasteiger partial charge in [-0.3, -0.25) is 9.69 Å². The van der Waals surface area contributed by atoms with Crippen molar-refractivity contribution in [1.82, 2.24) is 4.90 Å². The van der Waals surface area contributed by atoms with Crippen molar-refractivity contribution in [3.63, 3.8) is 0 Å². The van der Waals surface area contributed by atoms with Gasteiger partial charge in [-0.05, 0) is 43.7 Å². The Bertz CT molecular complexity index is 806. The van der Waals surface area contributed by atoms with Crippen LogP contribution in [0.2, 0.25) is 0 Å². The van der Waals surface area contributed by atoms with E-state index in [1.165, 1.54) is 32.1 Å². The van der Waals surface area contributed by atoms with Crippen LogP contribution in [-0.4, -0.2) is 30.4 Å². The maximum Gasteiger partial charge on any atom is 0.243 e. The molecule has 1 aliphatic carbocycles. The zero-order valence-corrected chi connectivity index (χ0v) is 16.2. The molecular formula is C22H27F2N3O. The van der Waals surface area contributed by atoms with Crippen LogP contribution in [0.1, 0.15) is 37.7 Å². The van der Waals surface area contributed by atoms with Gasteiger partial charge in [0.25, 0.3) is 0 Å². The second-order valence-corrected chi connectivity index (χ2v) is 7.39. The molecule has 3 rings (SSSR count). The molecule has 2 N–H and O–H groups in total. The minimum Gasteiger partial charge on any atom is -0.376 e. The Morgan fingerprint density at radius 3 is 2.61 bits per heavy atom. The SMILES string of the molecule is CN(Cc1ccccc1NCC(=O)Nc1cc(F)ccc1F)C1CCCCC1. The molecule has 1 aliphatic rings. The van der Waals surface area contributed by atoms with Gasteiger partial charge in [0.1, 0.15) is 11.6 Å². The van der Waals surface area contributed by atoms with E-state index in [1.807, 2.05) is 24.3 Å². The number of nitrogens with one attached hydrogen (secondary N) is 2. The highest BCUT2D eigenvalue weighted by Gasteiger charge is 2.19. The molecule has 1 fully saturated rings. The van der Waals surface area contributed by atoms with Crippen LogP contribution in [0.15, 0.2) is 42.5 Å². The fourth-order valence-corrected chi connectivity index (χ4v) is 3.71. The van der Waals surface area contributed by atoms with E-state index < -0.39 is 17.5 Å². The Hall–Kier alpha value is -2.47. The van der Waals surface area contributed by atoms with Crippen molar-refractivity contribution in [3.05, 3.63) is 59.7 Å². The second kappa shape index (κ2) is 9.64. The number of rotatable bonds is 7. The molecule has 2 aromatic rings. The van der Waals surface area contributed by atoms with Crippen molar-refractivity contribution in [3.8, 4) is 0 Å². The highest BCUT2D eigenvalue weighted by atomic mass is 19.1. The molecule has 4 nitrogen and oxygen atoms in total. The van der Waals surface area contributed by atoms with Crippen LogP contribution in [0.4, 0.5) is 20.2 Å². The molecule has 1 saturated carbocycles. The molecule has 28 heavy (non-hydrogen) atoms. The van der Waals surface area contributed by atoms with E-state index in [4.69, 9.17) is 0 Å². The van der Waals surface area contributed by atoms with Crippen molar-refractivity contribution in [2.45, 2.75) is 44.7 Å². The average molecular weight is 387 g/mol. The molecule has 0 atom stereocenters. The first-order valence-electron chi connectivity index (χ1n) is 9.80. The first-order chi connectivity index (χ1) is 13.5. The number of para-hydroxylation sites is 1. The number of halogens is 2. The monoisotopic (exact) mass is 387 g/mol. The summed E-state index contributed by atoms with van der Waals surface area (Å²) in [7, 11) is 2.15. The van der Waals surface area contributed by atoms with Gasteiger partial charge in [0.15, 0.2) is 0 Å². The zero-order valence-electron chi connectivity index (χ0n) is 16.2. The average Bonchev–Trinajstić information content (AvgIpc) is 2.71. The third-order valence-electron chi connectivity index (χ3n) is 5.28. The number of hydrogen-bond donors (Lipinski definition) is 2. The minimum absolute atomic E-state index is 0.0277. The van der Waals surface area contributed by atoms with Crippen LogP contribution >= 0.6 is 0 Å². The van der Waals surface area contributed by atoms with Crippen molar-refractivity contribution in [2.75, 3.05) is 24.2 Å². The highest BCUT2D eigenvalue weighted by Crippen LogP contribution is 2.25. The van der Waals surface area contributed by atoms with Gasteiger partial charge in [-0.25, -0.2) is 8.78 Å². The first-order valence-corrected chi connectivity index (χ1v) is 9.80. The fourth-order valence-electron chi connectivity index (χ4n) is 3.71. The van der Waals surface area contributed by atoms with E-state index in [2.05, 4.69) is 22.6 Å². The largest absolute Gasteiger partial charge is 0.376 e. The Morgan fingerprint density at radius 1 is 1.07 bits per heavy atom. The normalized spacial score (nSPS) is 14.9. The lowest BCUT2D eigenvalue weighted by atomic mass is 9.94. The standard InChI is InChI=1S/C22H27F2N3O/c1-27(18-8-3-2-4-9-18)15-16-7-5-6-10-20(16)25-14-22(28)26-21-13-17(23)11-12-19(21)24/h5-7,10-13,18,25H,2-4,8-9,14-15H2,1H3,(H,26,28). The van der Waals surface area contributed by atoms with Crippen LogP contribution < -0.4 is 10.6 Å². The third kappa shape index (κ3) is 5.52. The number of amides is 1. The van der Waals surface area contributed by atoms with Crippen LogP contribution in [0.5, 0.6) is 0 Å². The third-order valence-corrected chi connectivity index (χ3v) is 5.28. The van der Waals surface area contributed by atoms with E-state index in [1.54, 1.807) is 0 Å². The predicted octanol–water partition coefficient (Wildman–Crippen LogP) is 4.78. The van der Waals surface area contributed by atoms with E-state index in [-0.39, 0.29) is 12.2 Å². The molecule has 0 saturated heterocycles. The van der Waals surface area contributed by atoms with Crippen molar-refractivity contribution < 1.29 is 13.6 Å². The van der Waals surface area contributed by atoms with Gasteiger partial charge in [-0.1, -0.05) is 37.5 Å². The summed E-state index contributed by atoms with van der Waals surface area (Å²) >= 11 is 0. The van der Waals surface area contributed by atoms with Crippen LogP contribution in [-0.2, 0) is 11.3 Å². The molecule has 0 unspecified atom stereocenters. The smallest absolute Gasteiger partial charge is 0.243 e. The quantitative estimate of drug-likeness (QED) is 0.719. The van der Waals surface area contributed by atoms with Gasteiger partial charge >= 0.3 is 0 Å². The maximum absolute atomic E-state index is 13.7. The lowest BCUT2D eigenvalue weighted by Crippen LogP contribution is -2.33. The Kier molecular flexibility index (Phi) is 6.98. The first kappa shape index (κ1) is 20.3. The molecule has 2 aromatic carbocycles. The van der Waals surface area contributed by atoms with Gasteiger partial charge in [-0.2, -0.15) is 0 Å². The fraction of sp³-hybridized carbons (Fsp3) is 0.409. The molecule has 0 bridgehead atoms. The number of carbonyl (C=O) groups excluding carboxylic acids is 1. The Labute approximate surface area is 164 Å². The molecule has 150 valence electrons. The van der Waals surface area contributed by atoms with E-state index in [0.717, 1.165) is 36.0 Å². The lowest BCUT2D eigenvalue weighted by Gasteiger charge is -2.31. The number of benzene rings is 2. The number of hydrogen-bond acceptors (Lipinski definition) is 3. The Balaban J connectivity index is 1.58. The summed E-state index contributed by atoms with van der Waals surface area (Å²) in [5.74, 6) is -1.69. The second-order valence-electron chi connectivity index (χ2n) is 7.39. The van der Waals surface area contributed by atoms with E-state index >= 15 is 0 Å². The van der Waals surface area contributed by atoms with Crippen molar-refractivity contribution in [1.29, 1.82) is 0 Å². The summed E-state index contributed by atoms with van der Waals surface area (Å²) in [6, 6.07) is 11.5. The summed E-state index contributed by atoms with van der Waals surface area (Å²) in [5.41, 5.74) is 1.83. The molecule has 0 aromatic heterocycles. The molecule has 0 heterocycles. The number of nitrogens with zero attached hydrogens (tertiary/aromatic N) is 1. The molecular weight excluding hydrogens is 360 g/mol. The van der Waals surface area contributed by atoms with E-state index in [0.29, 0.717) is 6.04 Å². The summed E-state index contributed by atoms with van der Waals surface area (Å²) < 4.78 is 26.9. The molecule has 1 amide bonds. The van der Waals surface area contributed by atoms with Crippen LogP contribution in [0, 0.1) is 11.6 Å². The van der Waals surface area contributed by atoms with Crippen molar-refractivity contribution >= 4 is 17.3 Å². The van der Waals surface area contributed by atoms with Crippen molar-refractivity contribution in [2.24, 2.45) is 0 Å². The maximum atomic E-state index is 13.7. The predicted molar refractivity (Wildman–Crippen MR) is 108 cm³/mol. The molecule has 0 spiro atoms. The molecule has 6 heteroatoms. The lowest BCUT2D eigenvalue weighted by molar-refractivity contribution is -0.114. The van der Waals surface area contributed by atoms with Gasteiger partial charge in [0, 0.05) is 24.3 Å². The van der Waals surface area contributed by atoms with Crippen LogP contribution in [0.3, 0.4) is 0 Å². The van der Waals surface area contributed by atoms with Gasteiger partial charge in [-0.15, -0.1) is 0 Å². The summed E-state index contributed by atoms with van der Waals surface area (Å²) in [4.78, 5) is 14.5. The Morgan fingerprint density at radius 2 is 1.82 bits per heavy atom. The zero-order chi connectivity index (χ0) is 19.9. The minimum atomic E-state index is -0.663.